The lowest BCUT2D eigenvalue weighted by atomic mass is 10.2. The highest BCUT2D eigenvalue weighted by molar-refractivity contribution is 5.93. The number of nitrogens with one attached hydrogen (secondary N) is 1. The molecule has 0 atom stereocenters. The first kappa shape index (κ1) is 13.1. The van der Waals surface area contributed by atoms with Gasteiger partial charge in [-0.25, -0.2) is 5.84 Å². The zero-order valence-corrected chi connectivity index (χ0v) is 10.8. The molecular weight excluding hydrogens is 230 g/mol. The van der Waals surface area contributed by atoms with Crippen molar-refractivity contribution in [3.63, 3.8) is 0 Å². The van der Waals surface area contributed by atoms with E-state index in [0.717, 1.165) is 18.8 Å². The number of rotatable bonds is 5. The van der Waals surface area contributed by atoms with Gasteiger partial charge in [-0.3, -0.25) is 15.1 Å². The molecule has 100 valence electrons. The van der Waals surface area contributed by atoms with Gasteiger partial charge < -0.3 is 4.42 Å². The van der Waals surface area contributed by atoms with E-state index in [1.165, 1.54) is 31.9 Å². The van der Waals surface area contributed by atoms with Crippen LogP contribution in [0.2, 0.25) is 0 Å². The first-order chi connectivity index (χ1) is 8.74. The van der Waals surface area contributed by atoms with Crippen LogP contribution in [-0.2, 0) is 6.54 Å². The van der Waals surface area contributed by atoms with Crippen LogP contribution < -0.4 is 11.3 Å². The second kappa shape index (κ2) is 6.02. The molecule has 1 aliphatic rings. The first-order valence-corrected chi connectivity index (χ1v) is 6.57. The molecule has 5 heteroatoms. The highest BCUT2D eigenvalue weighted by atomic mass is 16.3. The summed E-state index contributed by atoms with van der Waals surface area (Å²) in [6.45, 7) is 3.93. The Bertz CT molecular complexity index is 397. The van der Waals surface area contributed by atoms with Gasteiger partial charge in [0, 0.05) is 6.04 Å². The molecule has 1 aromatic rings. The van der Waals surface area contributed by atoms with Crippen molar-refractivity contribution in [2.75, 3.05) is 6.54 Å². The average Bonchev–Trinajstić information content (AvgIpc) is 3.05. The second-order valence-corrected chi connectivity index (χ2v) is 4.78. The smallest absolute Gasteiger partial charge is 0.268 e. The van der Waals surface area contributed by atoms with Crippen molar-refractivity contribution in [3.8, 4) is 0 Å². The Morgan fingerprint density at radius 1 is 1.56 bits per heavy atom. The fourth-order valence-electron chi connectivity index (χ4n) is 2.63. The van der Waals surface area contributed by atoms with Crippen LogP contribution in [-0.4, -0.2) is 23.4 Å². The number of nitrogens with two attached hydrogens (primary N) is 1. The minimum absolute atomic E-state index is 0.311. The molecule has 1 amide bonds. The fraction of sp³-hybridized carbons (Fsp3) is 0.615. The molecule has 0 saturated heterocycles. The normalized spacial score (nSPS) is 16.4. The summed E-state index contributed by atoms with van der Waals surface area (Å²) in [7, 11) is 0. The Kier molecular flexibility index (Phi) is 4.38. The summed E-state index contributed by atoms with van der Waals surface area (Å²) in [5, 5.41) is 0. The highest BCUT2D eigenvalue weighted by Crippen LogP contribution is 2.25. The van der Waals surface area contributed by atoms with E-state index in [0.29, 0.717) is 11.6 Å². The number of carbonyl (C=O) groups is 1. The molecule has 1 heterocycles. The zero-order valence-electron chi connectivity index (χ0n) is 10.8. The minimum Gasteiger partial charge on any atom is -0.467 e. The Morgan fingerprint density at radius 2 is 2.28 bits per heavy atom. The molecular formula is C13H21N3O2. The SMILES string of the molecule is CCN(Cc1cc(C(=O)NN)co1)C1CCCC1. The molecule has 1 fully saturated rings. The molecule has 0 bridgehead atoms. The summed E-state index contributed by atoms with van der Waals surface area (Å²) in [5.41, 5.74) is 2.59. The molecule has 1 aliphatic carbocycles. The van der Waals surface area contributed by atoms with Crippen molar-refractivity contribution in [2.45, 2.75) is 45.2 Å². The number of hydrogen-bond acceptors (Lipinski definition) is 4. The Hall–Kier alpha value is -1.33. The van der Waals surface area contributed by atoms with Gasteiger partial charge in [0.25, 0.3) is 5.91 Å². The lowest BCUT2D eigenvalue weighted by molar-refractivity contribution is 0.0953. The Labute approximate surface area is 107 Å². The van der Waals surface area contributed by atoms with Gasteiger partial charge in [0.05, 0.1) is 12.1 Å². The van der Waals surface area contributed by atoms with E-state index in [-0.39, 0.29) is 5.91 Å². The molecule has 0 unspecified atom stereocenters. The van der Waals surface area contributed by atoms with Crippen molar-refractivity contribution in [1.29, 1.82) is 0 Å². The number of hydrogen-bond donors (Lipinski definition) is 2. The fourth-order valence-corrected chi connectivity index (χ4v) is 2.63. The molecule has 0 radical (unpaired) electrons. The van der Waals surface area contributed by atoms with E-state index in [1.807, 2.05) is 0 Å². The maximum Gasteiger partial charge on any atom is 0.268 e. The average molecular weight is 251 g/mol. The van der Waals surface area contributed by atoms with Crippen molar-refractivity contribution in [2.24, 2.45) is 5.84 Å². The van der Waals surface area contributed by atoms with Gasteiger partial charge >= 0.3 is 0 Å². The number of carbonyl (C=O) groups excluding carboxylic acids is 1. The topological polar surface area (TPSA) is 71.5 Å². The van der Waals surface area contributed by atoms with Crippen LogP contribution in [0.25, 0.3) is 0 Å². The van der Waals surface area contributed by atoms with Crippen molar-refractivity contribution in [3.05, 3.63) is 23.7 Å². The van der Waals surface area contributed by atoms with Gasteiger partial charge in [-0.2, -0.15) is 0 Å². The molecule has 0 spiro atoms. The molecule has 2 rings (SSSR count). The number of nitrogens with zero attached hydrogens (tertiary/aromatic N) is 1. The van der Waals surface area contributed by atoms with E-state index in [2.05, 4.69) is 17.2 Å². The van der Waals surface area contributed by atoms with Crippen LogP contribution in [0.1, 0.15) is 48.7 Å². The monoisotopic (exact) mass is 251 g/mol. The summed E-state index contributed by atoms with van der Waals surface area (Å²) in [6.07, 6.45) is 6.63. The lowest BCUT2D eigenvalue weighted by Gasteiger charge is -2.26. The number of furan rings is 1. The molecule has 1 aromatic heterocycles. The zero-order chi connectivity index (χ0) is 13.0. The second-order valence-electron chi connectivity index (χ2n) is 4.78. The summed E-state index contributed by atoms with van der Waals surface area (Å²) >= 11 is 0. The maximum absolute atomic E-state index is 11.3. The molecule has 0 aromatic carbocycles. The van der Waals surface area contributed by atoms with Gasteiger partial charge in [-0.15, -0.1) is 0 Å². The van der Waals surface area contributed by atoms with Crippen molar-refractivity contribution >= 4 is 5.91 Å². The van der Waals surface area contributed by atoms with Crippen LogP contribution in [0.15, 0.2) is 16.7 Å². The van der Waals surface area contributed by atoms with E-state index in [1.54, 1.807) is 6.07 Å². The molecule has 3 N–H and O–H groups in total. The van der Waals surface area contributed by atoms with Gasteiger partial charge in [-0.05, 0) is 25.5 Å². The Balaban J connectivity index is 1.98. The summed E-state index contributed by atoms with van der Waals surface area (Å²) in [6, 6.07) is 2.42. The van der Waals surface area contributed by atoms with Gasteiger partial charge in [-0.1, -0.05) is 19.8 Å². The third kappa shape index (κ3) is 2.91. The third-order valence-corrected chi connectivity index (χ3v) is 3.65. The predicted molar refractivity (Wildman–Crippen MR) is 68.7 cm³/mol. The number of nitrogen functional groups attached to an aromatic ring is 1. The lowest BCUT2D eigenvalue weighted by Crippen LogP contribution is -2.32. The van der Waals surface area contributed by atoms with Crippen LogP contribution >= 0.6 is 0 Å². The van der Waals surface area contributed by atoms with E-state index >= 15 is 0 Å². The van der Waals surface area contributed by atoms with Crippen LogP contribution in [0.3, 0.4) is 0 Å². The van der Waals surface area contributed by atoms with Crippen LogP contribution in [0.5, 0.6) is 0 Å². The summed E-state index contributed by atoms with van der Waals surface area (Å²) in [4.78, 5) is 13.7. The molecule has 5 nitrogen and oxygen atoms in total. The van der Waals surface area contributed by atoms with Gasteiger partial charge in [0.15, 0.2) is 0 Å². The largest absolute Gasteiger partial charge is 0.467 e. The van der Waals surface area contributed by atoms with E-state index in [9.17, 15) is 4.79 Å². The molecule has 1 saturated carbocycles. The predicted octanol–water partition coefficient (Wildman–Crippen LogP) is 1.65. The van der Waals surface area contributed by atoms with E-state index < -0.39 is 0 Å². The third-order valence-electron chi connectivity index (χ3n) is 3.65. The standard InChI is InChI=1S/C13H21N3O2/c1-2-16(11-5-3-4-6-11)8-12-7-10(9-18-12)13(17)15-14/h7,9,11H,2-6,8,14H2,1H3,(H,15,17). The quantitative estimate of drug-likeness (QED) is 0.474. The molecule has 0 aliphatic heterocycles. The first-order valence-electron chi connectivity index (χ1n) is 6.57. The van der Waals surface area contributed by atoms with Crippen LogP contribution in [0.4, 0.5) is 0 Å². The Morgan fingerprint density at radius 3 is 2.89 bits per heavy atom. The summed E-state index contributed by atoms with van der Waals surface area (Å²) in [5.74, 6) is 5.60. The van der Waals surface area contributed by atoms with Crippen molar-refractivity contribution in [1.82, 2.24) is 10.3 Å². The molecule has 18 heavy (non-hydrogen) atoms. The van der Waals surface area contributed by atoms with Crippen LogP contribution in [0, 0.1) is 0 Å². The minimum atomic E-state index is -0.311. The van der Waals surface area contributed by atoms with E-state index in [4.69, 9.17) is 10.3 Å². The number of hydrazine groups is 1. The highest BCUT2D eigenvalue weighted by Gasteiger charge is 2.22. The van der Waals surface area contributed by atoms with Gasteiger partial charge in [0.2, 0.25) is 0 Å². The maximum atomic E-state index is 11.3. The van der Waals surface area contributed by atoms with Gasteiger partial charge in [0.1, 0.15) is 12.0 Å². The van der Waals surface area contributed by atoms with Crippen molar-refractivity contribution < 1.29 is 9.21 Å². The summed E-state index contributed by atoms with van der Waals surface area (Å²) < 4.78 is 5.42. The number of amides is 1.